The molecule has 0 aliphatic carbocycles. The lowest BCUT2D eigenvalue weighted by Crippen LogP contribution is -2.46. The number of nitrogens with one attached hydrogen (secondary N) is 3. The molecule has 42 heavy (non-hydrogen) atoms. The van der Waals surface area contributed by atoms with Crippen molar-refractivity contribution in [1.82, 2.24) is 39.3 Å². The number of aromatic nitrogens is 6. The lowest BCUT2D eigenvalue weighted by atomic mass is 10.1. The van der Waals surface area contributed by atoms with Gasteiger partial charge in [-0.2, -0.15) is 5.10 Å². The predicted molar refractivity (Wildman–Crippen MR) is 152 cm³/mol. The van der Waals surface area contributed by atoms with Gasteiger partial charge in [-0.05, 0) is 26.0 Å². The molecule has 4 N–H and O–H groups in total. The number of hydrogen-bond donors (Lipinski definition) is 4. The molecule has 14 nitrogen and oxygen atoms in total. The molecule has 1 aliphatic rings. The van der Waals surface area contributed by atoms with Crippen molar-refractivity contribution in [3.8, 4) is 17.1 Å². The summed E-state index contributed by atoms with van der Waals surface area (Å²) in [6, 6.07) is 4.24. The van der Waals surface area contributed by atoms with Crippen LogP contribution in [0.4, 0.5) is 10.2 Å². The Morgan fingerprint density at radius 3 is 2.64 bits per heavy atom. The third-order valence-electron chi connectivity index (χ3n) is 6.32. The number of aromatic amines is 1. The van der Waals surface area contributed by atoms with E-state index in [9.17, 15) is 28.7 Å². The van der Waals surface area contributed by atoms with Crippen molar-refractivity contribution in [2.75, 3.05) is 18.4 Å². The molecule has 2 amide bonds. The van der Waals surface area contributed by atoms with Crippen LogP contribution in [0.3, 0.4) is 0 Å². The van der Waals surface area contributed by atoms with Gasteiger partial charge < -0.3 is 25.2 Å². The monoisotopic (exact) mass is 581 g/mol. The van der Waals surface area contributed by atoms with Gasteiger partial charge in [0.2, 0.25) is 11.3 Å². The molecule has 5 rings (SSSR count). The number of H-pyrrole nitrogens is 1. The van der Waals surface area contributed by atoms with Crippen LogP contribution in [0.15, 0.2) is 40.2 Å². The van der Waals surface area contributed by atoms with E-state index < -0.39 is 34.5 Å². The van der Waals surface area contributed by atoms with Gasteiger partial charge in [0.05, 0.1) is 19.3 Å². The van der Waals surface area contributed by atoms with Gasteiger partial charge >= 0.3 is 5.69 Å². The minimum atomic E-state index is -0.791. The zero-order valence-corrected chi connectivity index (χ0v) is 23.6. The molecule has 0 saturated heterocycles. The van der Waals surface area contributed by atoms with Crippen LogP contribution in [0.2, 0.25) is 0 Å². The highest BCUT2D eigenvalue weighted by atomic mass is 19.1. The summed E-state index contributed by atoms with van der Waals surface area (Å²) >= 11 is 0. The maximum absolute atomic E-state index is 14.4. The molecule has 0 atom stereocenters. The van der Waals surface area contributed by atoms with Crippen LogP contribution >= 0.6 is 0 Å². The number of nitrogens with zero attached hydrogens (tertiary/aromatic N) is 6. The summed E-state index contributed by atoms with van der Waals surface area (Å²) in [5.74, 6) is -2.54. The highest BCUT2D eigenvalue weighted by molar-refractivity contribution is 5.96. The first-order chi connectivity index (χ1) is 20.0. The highest BCUT2D eigenvalue weighted by Gasteiger charge is 2.31. The number of aromatic hydroxyl groups is 1. The smallest absolute Gasteiger partial charge is 0.347 e. The summed E-state index contributed by atoms with van der Waals surface area (Å²) in [7, 11) is 0. The average molecular weight is 582 g/mol. The first-order valence-corrected chi connectivity index (χ1v) is 13.4. The van der Waals surface area contributed by atoms with Crippen LogP contribution in [0.5, 0.6) is 5.75 Å². The molecule has 0 unspecified atom stereocenters. The first kappa shape index (κ1) is 29.9. The molecule has 0 saturated carbocycles. The highest BCUT2D eigenvalue weighted by Crippen LogP contribution is 2.23. The summed E-state index contributed by atoms with van der Waals surface area (Å²) < 4.78 is 17.1. The van der Waals surface area contributed by atoms with Crippen molar-refractivity contribution in [1.29, 1.82) is 0 Å². The van der Waals surface area contributed by atoms with Gasteiger partial charge in [-0.25, -0.2) is 28.7 Å². The van der Waals surface area contributed by atoms with Crippen molar-refractivity contribution in [2.45, 2.75) is 53.2 Å². The zero-order chi connectivity index (χ0) is 30.6. The first-order valence-electron chi connectivity index (χ1n) is 13.4. The Balaban J connectivity index is 0.00000129. The van der Waals surface area contributed by atoms with E-state index in [1.807, 2.05) is 13.8 Å². The largest absolute Gasteiger partial charge is 0.503 e. The van der Waals surface area contributed by atoms with Crippen LogP contribution in [-0.4, -0.2) is 70.1 Å². The van der Waals surface area contributed by atoms with Gasteiger partial charge in [-0.15, -0.1) is 0 Å². The second-order valence-electron chi connectivity index (χ2n) is 9.84. The number of carbonyl (C=O) groups is 2. The number of fused-ring (bicyclic) bond motifs is 2. The lowest BCUT2D eigenvalue weighted by molar-refractivity contribution is -0.119. The number of rotatable bonds is 7. The SMILES string of the molecule is CC(C)N1CCn2c(CNC(=O)CNc3nc(-c4ccc5n[nH]c(=O)n5c4)ncc3F)cc(=O)c(O)c2C1=O.CCC. The molecule has 0 aromatic carbocycles. The molecule has 4 aromatic rings. The number of halogens is 1. The molecule has 0 radical (unpaired) electrons. The summed E-state index contributed by atoms with van der Waals surface area (Å²) in [5.41, 5.74) is -0.141. The molecule has 1 aliphatic heterocycles. The van der Waals surface area contributed by atoms with Crippen molar-refractivity contribution in [2.24, 2.45) is 0 Å². The number of amides is 2. The molecule has 15 heteroatoms. The Kier molecular flexibility index (Phi) is 8.98. The Bertz CT molecular complexity index is 1740. The number of carbonyl (C=O) groups excluding carboxylic acids is 2. The topological polar surface area (TPSA) is 180 Å². The van der Waals surface area contributed by atoms with E-state index in [0.717, 1.165) is 6.20 Å². The Labute approximate surface area is 239 Å². The Morgan fingerprint density at radius 1 is 1.19 bits per heavy atom. The molecule has 4 aromatic heterocycles. The number of hydrogen-bond acceptors (Lipinski definition) is 9. The Hall–Kier alpha value is -5.08. The van der Waals surface area contributed by atoms with E-state index in [1.54, 1.807) is 17.0 Å². The van der Waals surface area contributed by atoms with E-state index in [4.69, 9.17) is 0 Å². The van der Waals surface area contributed by atoms with Crippen LogP contribution in [0, 0.1) is 5.82 Å². The van der Waals surface area contributed by atoms with Gasteiger partial charge in [0.15, 0.2) is 34.6 Å². The second-order valence-corrected chi connectivity index (χ2v) is 9.84. The second kappa shape index (κ2) is 12.6. The van der Waals surface area contributed by atoms with E-state index >= 15 is 0 Å². The molecular formula is C27H32FN9O5. The van der Waals surface area contributed by atoms with E-state index in [1.165, 1.54) is 27.7 Å². The Morgan fingerprint density at radius 2 is 1.93 bits per heavy atom. The fourth-order valence-corrected chi connectivity index (χ4v) is 4.33. The van der Waals surface area contributed by atoms with Crippen LogP contribution < -0.4 is 21.8 Å². The quantitative estimate of drug-likeness (QED) is 0.252. The third-order valence-corrected chi connectivity index (χ3v) is 6.32. The maximum Gasteiger partial charge on any atom is 0.347 e. The normalized spacial score (nSPS) is 12.6. The lowest BCUT2D eigenvalue weighted by Gasteiger charge is -2.34. The summed E-state index contributed by atoms with van der Waals surface area (Å²) in [6.07, 6.45) is 3.65. The summed E-state index contributed by atoms with van der Waals surface area (Å²) in [5, 5.41) is 21.7. The van der Waals surface area contributed by atoms with Crippen molar-refractivity contribution in [3.05, 3.63) is 68.5 Å². The minimum Gasteiger partial charge on any atom is -0.503 e. The fraction of sp³-hybridized carbons (Fsp3) is 0.370. The molecular weight excluding hydrogens is 549 g/mol. The van der Waals surface area contributed by atoms with Crippen molar-refractivity contribution in [3.63, 3.8) is 0 Å². The number of pyridine rings is 2. The maximum atomic E-state index is 14.4. The van der Waals surface area contributed by atoms with Crippen LogP contribution in [0.1, 0.15) is 50.3 Å². The van der Waals surface area contributed by atoms with Crippen molar-refractivity contribution >= 4 is 23.3 Å². The van der Waals surface area contributed by atoms with Crippen LogP contribution in [0.25, 0.3) is 17.0 Å². The minimum absolute atomic E-state index is 0.102. The van der Waals surface area contributed by atoms with E-state index in [2.05, 4.69) is 44.6 Å². The fourth-order valence-electron chi connectivity index (χ4n) is 4.33. The number of anilines is 1. The molecule has 0 fully saturated rings. The zero-order valence-electron chi connectivity index (χ0n) is 23.6. The van der Waals surface area contributed by atoms with Gasteiger partial charge in [-0.3, -0.25) is 14.4 Å². The average Bonchev–Trinajstić information content (AvgIpc) is 3.33. The standard InChI is InChI=1S/C24H24FN9O5.C3H8/c1-12(2)32-5-6-33-14(7-16(35)20(37)19(33)23(32)38)8-26-18(36)10-28-22-15(25)9-27-21(29-22)13-3-4-17-30-31-24(39)34(17)11-13;1-3-2/h3-4,7,9,11-12,37H,5-6,8,10H2,1-2H3,(H,26,36)(H,31,39)(H,27,28,29);3H2,1-2H3. The van der Waals surface area contributed by atoms with Gasteiger partial charge in [0, 0.05) is 42.7 Å². The van der Waals surface area contributed by atoms with Gasteiger partial charge in [0.25, 0.3) is 5.91 Å². The van der Waals surface area contributed by atoms with E-state index in [-0.39, 0.29) is 36.5 Å². The van der Waals surface area contributed by atoms with Crippen LogP contribution in [-0.2, 0) is 17.9 Å². The summed E-state index contributed by atoms with van der Waals surface area (Å²) in [4.78, 5) is 59.2. The van der Waals surface area contributed by atoms with Gasteiger partial charge in [-0.1, -0.05) is 20.3 Å². The predicted octanol–water partition coefficient (Wildman–Crippen LogP) is 1.49. The third kappa shape index (κ3) is 6.14. The van der Waals surface area contributed by atoms with Crippen molar-refractivity contribution < 1.29 is 19.1 Å². The molecule has 0 spiro atoms. The molecule has 5 heterocycles. The van der Waals surface area contributed by atoms with E-state index in [0.29, 0.717) is 30.0 Å². The molecule has 222 valence electrons. The summed E-state index contributed by atoms with van der Waals surface area (Å²) in [6.45, 7) is 8.18. The van der Waals surface area contributed by atoms with Gasteiger partial charge in [0.1, 0.15) is 0 Å². The molecule has 0 bridgehead atoms.